The summed E-state index contributed by atoms with van der Waals surface area (Å²) in [6.45, 7) is 8.29. The number of pyridine rings is 1. The van der Waals surface area contributed by atoms with Gasteiger partial charge in [-0.05, 0) is 69.7 Å². The van der Waals surface area contributed by atoms with Gasteiger partial charge in [0.05, 0.1) is 11.3 Å². The minimum atomic E-state index is -4.35. The molecule has 3 rings (SSSR count). The van der Waals surface area contributed by atoms with Crippen LogP contribution in [0.25, 0.3) is 5.57 Å². The molecule has 0 radical (unpaired) electrons. The summed E-state index contributed by atoms with van der Waals surface area (Å²) >= 11 is 0. The summed E-state index contributed by atoms with van der Waals surface area (Å²) in [5, 5.41) is 4.47. The van der Waals surface area contributed by atoms with Crippen LogP contribution in [0.3, 0.4) is 0 Å². The molecule has 3 heterocycles. The van der Waals surface area contributed by atoms with E-state index in [9.17, 15) is 13.2 Å². The fourth-order valence-corrected chi connectivity index (χ4v) is 3.32. The molecule has 0 saturated heterocycles. The van der Waals surface area contributed by atoms with Crippen molar-refractivity contribution in [1.82, 2.24) is 14.8 Å². The van der Waals surface area contributed by atoms with Crippen LogP contribution in [0.15, 0.2) is 48.2 Å². The molecule has 2 aromatic rings. The molecule has 4 nitrogen and oxygen atoms in total. The number of hydrogen-bond donors (Lipinski definition) is 1. The van der Waals surface area contributed by atoms with Crippen molar-refractivity contribution in [2.24, 2.45) is 0 Å². The average Bonchev–Trinajstić information content (AvgIpc) is 3.14. The number of hydrogen-bond acceptors (Lipinski definition) is 3. The van der Waals surface area contributed by atoms with Crippen LogP contribution in [0, 0.1) is 13.8 Å². The molecule has 0 saturated carbocycles. The zero-order valence-electron chi connectivity index (χ0n) is 18.6. The summed E-state index contributed by atoms with van der Waals surface area (Å²) in [6.07, 6.45) is 6.70. The quantitative estimate of drug-likeness (QED) is 0.572. The maximum Gasteiger partial charge on any atom is 0.416 e. The zero-order valence-corrected chi connectivity index (χ0v) is 18.6. The molecule has 0 fully saturated rings. The third kappa shape index (κ3) is 7.12. The Morgan fingerprint density at radius 3 is 2.52 bits per heavy atom. The third-order valence-electron chi connectivity index (χ3n) is 4.88. The first kappa shape index (κ1) is 24.4. The summed E-state index contributed by atoms with van der Waals surface area (Å²) < 4.78 is 41.2. The van der Waals surface area contributed by atoms with Crippen LogP contribution in [-0.4, -0.2) is 20.9 Å². The number of halogens is 3. The van der Waals surface area contributed by atoms with Gasteiger partial charge in [0.2, 0.25) is 0 Å². The van der Waals surface area contributed by atoms with E-state index in [2.05, 4.69) is 10.1 Å². The molecular formula is C24H31F3N4. The first-order valence-corrected chi connectivity index (χ1v) is 10.5. The predicted molar refractivity (Wildman–Crippen MR) is 121 cm³/mol. The van der Waals surface area contributed by atoms with E-state index in [1.165, 1.54) is 12.2 Å². The van der Waals surface area contributed by atoms with Gasteiger partial charge >= 0.3 is 6.18 Å². The van der Waals surface area contributed by atoms with Gasteiger partial charge in [-0.1, -0.05) is 31.2 Å². The highest BCUT2D eigenvalue weighted by atomic mass is 19.4. The van der Waals surface area contributed by atoms with E-state index < -0.39 is 11.7 Å². The van der Waals surface area contributed by atoms with Gasteiger partial charge in [-0.3, -0.25) is 4.68 Å². The molecule has 0 amide bonds. The normalized spacial score (nSPS) is 14.9. The number of aryl methyl sites for hydroxylation is 4. The molecule has 2 N–H and O–H groups in total. The monoisotopic (exact) mass is 432 g/mol. The van der Waals surface area contributed by atoms with Crippen LogP contribution in [-0.2, 0) is 13.0 Å². The minimum absolute atomic E-state index is 0.341. The smallest absolute Gasteiger partial charge is 0.383 e. The summed E-state index contributed by atoms with van der Waals surface area (Å²) in [6, 6.07) is 3.92. The first-order valence-electron chi connectivity index (χ1n) is 10.5. The molecule has 168 valence electrons. The molecule has 0 atom stereocenters. The lowest BCUT2D eigenvalue weighted by atomic mass is 10.0. The van der Waals surface area contributed by atoms with Crippen molar-refractivity contribution in [3.63, 3.8) is 0 Å². The lowest BCUT2D eigenvalue weighted by molar-refractivity contribution is -0.0883. The van der Waals surface area contributed by atoms with E-state index in [-0.39, 0.29) is 0 Å². The third-order valence-corrected chi connectivity index (χ3v) is 4.88. The minimum Gasteiger partial charge on any atom is -0.383 e. The van der Waals surface area contributed by atoms with Gasteiger partial charge in [0, 0.05) is 24.0 Å². The lowest BCUT2D eigenvalue weighted by Crippen LogP contribution is -2.11. The van der Waals surface area contributed by atoms with Crippen LogP contribution in [0.4, 0.5) is 19.0 Å². The number of anilines is 1. The highest BCUT2D eigenvalue weighted by Gasteiger charge is 2.32. The Morgan fingerprint density at radius 2 is 1.97 bits per heavy atom. The maximum atomic E-state index is 13.1. The Morgan fingerprint density at radius 1 is 1.23 bits per heavy atom. The van der Waals surface area contributed by atoms with Crippen molar-refractivity contribution in [2.45, 2.75) is 66.1 Å². The number of rotatable bonds is 4. The van der Waals surface area contributed by atoms with Crippen LogP contribution < -0.4 is 5.73 Å². The number of nitrogens with two attached hydrogens (primary N) is 1. The number of nitrogens with zero attached hydrogens (tertiary/aromatic N) is 3. The van der Waals surface area contributed by atoms with Gasteiger partial charge in [0.1, 0.15) is 5.82 Å². The van der Waals surface area contributed by atoms with Crippen LogP contribution in [0.5, 0.6) is 0 Å². The number of allylic oxidation sites excluding steroid dienone is 6. The SMILES string of the molecule is C\C=C/C(=C\C(=C\CC)C(F)(F)F)c1cc2n(n1)CCCC2.Cc1cnc(N)c(C)c1. The van der Waals surface area contributed by atoms with E-state index >= 15 is 0 Å². The molecule has 7 heteroatoms. The maximum absolute atomic E-state index is 13.1. The van der Waals surface area contributed by atoms with E-state index in [4.69, 9.17) is 5.73 Å². The topological polar surface area (TPSA) is 56.7 Å². The van der Waals surface area contributed by atoms with Crippen molar-refractivity contribution < 1.29 is 13.2 Å². The standard InChI is InChI=1S/C17H21F3N2.C7H10N2/c1-3-7-13(11-14(8-4-2)17(18,19)20)16-12-15-9-5-6-10-22(15)21-16;1-5-3-6(2)7(8)9-4-5/h3,7-8,11-12H,4-6,9-10H2,1-2H3;3-4H,1-2H3,(H2,8,9)/b7-3-,13-11+,14-8-;. The molecule has 31 heavy (non-hydrogen) atoms. The van der Waals surface area contributed by atoms with E-state index in [0.717, 1.165) is 42.6 Å². The second kappa shape index (κ2) is 11.0. The Labute approximate surface area is 182 Å². The van der Waals surface area contributed by atoms with Crippen LogP contribution >= 0.6 is 0 Å². The van der Waals surface area contributed by atoms with Crippen molar-refractivity contribution in [1.29, 1.82) is 0 Å². The fraction of sp³-hybridized carbons (Fsp3) is 0.417. The van der Waals surface area contributed by atoms with Crippen LogP contribution in [0.1, 0.15) is 55.6 Å². The lowest BCUT2D eigenvalue weighted by Gasteiger charge is -2.11. The van der Waals surface area contributed by atoms with Gasteiger partial charge in [-0.2, -0.15) is 18.3 Å². The number of nitrogen functional groups attached to an aromatic ring is 1. The summed E-state index contributed by atoms with van der Waals surface area (Å²) in [7, 11) is 0. The molecule has 2 aromatic heterocycles. The molecule has 0 unspecified atom stereocenters. The Kier molecular flexibility index (Phi) is 8.65. The zero-order chi connectivity index (χ0) is 23.0. The first-order chi connectivity index (χ1) is 14.7. The van der Waals surface area contributed by atoms with Gasteiger partial charge in [-0.15, -0.1) is 0 Å². The van der Waals surface area contributed by atoms with Gasteiger partial charge in [0.25, 0.3) is 0 Å². The Hall–Kier alpha value is -2.83. The molecular weight excluding hydrogens is 401 g/mol. The van der Waals surface area contributed by atoms with Crippen molar-refractivity contribution in [3.05, 3.63) is 70.7 Å². The number of fused-ring (bicyclic) bond motifs is 1. The summed E-state index contributed by atoms with van der Waals surface area (Å²) in [5.74, 6) is 0.626. The number of aromatic nitrogens is 3. The van der Waals surface area contributed by atoms with Gasteiger partial charge in [-0.25, -0.2) is 4.98 Å². The van der Waals surface area contributed by atoms with Crippen molar-refractivity contribution in [3.8, 4) is 0 Å². The van der Waals surface area contributed by atoms with E-state index in [0.29, 0.717) is 23.5 Å². The average molecular weight is 433 g/mol. The Balaban J connectivity index is 0.000000316. The second-order valence-corrected chi connectivity index (χ2v) is 7.58. The Bertz CT molecular complexity index is 942. The van der Waals surface area contributed by atoms with Crippen LogP contribution in [0.2, 0.25) is 0 Å². The second-order valence-electron chi connectivity index (χ2n) is 7.58. The molecule has 0 aliphatic carbocycles. The van der Waals surface area contributed by atoms with Crippen molar-refractivity contribution >= 4 is 11.4 Å². The highest BCUT2D eigenvalue weighted by molar-refractivity contribution is 5.74. The summed E-state index contributed by atoms with van der Waals surface area (Å²) in [5.41, 5.74) is 9.28. The van der Waals surface area contributed by atoms with Gasteiger partial charge < -0.3 is 5.73 Å². The molecule has 1 aliphatic heterocycles. The fourth-order valence-electron chi connectivity index (χ4n) is 3.32. The largest absolute Gasteiger partial charge is 0.416 e. The molecule has 0 aromatic carbocycles. The molecule has 0 bridgehead atoms. The molecule has 0 spiro atoms. The van der Waals surface area contributed by atoms with E-state index in [1.54, 1.807) is 32.2 Å². The number of alkyl halides is 3. The summed E-state index contributed by atoms with van der Waals surface area (Å²) in [4.78, 5) is 3.96. The predicted octanol–water partition coefficient (Wildman–Crippen LogP) is 6.36. The van der Waals surface area contributed by atoms with E-state index in [1.807, 2.05) is 30.7 Å². The van der Waals surface area contributed by atoms with Gasteiger partial charge in [0.15, 0.2) is 0 Å². The highest BCUT2D eigenvalue weighted by Crippen LogP contribution is 2.30. The van der Waals surface area contributed by atoms with Crippen molar-refractivity contribution in [2.75, 3.05) is 5.73 Å². The molecule has 1 aliphatic rings.